The Bertz CT molecular complexity index is 601. The highest BCUT2D eigenvalue weighted by atomic mass is 35.5. The molecule has 0 aromatic heterocycles. The number of benzene rings is 2. The number of halogens is 1. The van der Waals surface area contributed by atoms with Crippen molar-refractivity contribution in [2.24, 2.45) is 10.9 Å². The fourth-order valence-corrected chi connectivity index (χ4v) is 2.63. The van der Waals surface area contributed by atoms with Gasteiger partial charge in [0.25, 0.3) is 0 Å². The van der Waals surface area contributed by atoms with Crippen molar-refractivity contribution < 1.29 is 4.84 Å². The van der Waals surface area contributed by atoms with Gasteiger partial charge in [-0.2, -0.15) is 0 Å². The molecule has 4 heteroatoms. The normalized spacial score (nSPS) is 18.0. The van der Waals surface area contributed by atoms with Gasteiger partial charge in [0.2, 0.25) is 0 Å². The maximum absolute atomic E-state index is 6.27. The third-order valence-electron chi connectivity index (χ3n) is 3.80. The summed E-state index contributed by atoms with van der Waals surface area (Å²) in [5.41, 5.74) is 9.85. The van der Waals surface area contributed by atoms with Crippen LogP contribution in [-0.2, 0) is 17.7 Å². The van der Waals surface area contributed by atoms with E-state index in [2.05, 4.69) is 29.4 Å². The SMILES string of the molecule is Cl.NC(Cc1ccccc1)C1CC(Cc2ccccc2)=NO1. The Balaban J connectivity index is 0.00000176. The summed E-state index contributed by atoms with van der Waals surface area (Å²) >= 11 is 0. The third-order valence-corrected chi connectivity index (χ3v) is 3.80. The van der Waals surface area contributed by atoms with Gasteiger partial charge in [0.1, 0.15) is 6.10 Å². The smallest absolute Gasteiger partial charge is 0.148 e. The Kier molecular flexibility index (Phi) is 5.99. The maximum atomic E-state index is 6.27. The second kappa shape index (κ2) is 7.97. The predicted molar refractivity (Wildman–Crippen MR) is 92.4 cm³/mol. The molecule has 116 valence electrons. The highest BCUT2D eigenvalue weighted by molar-refractivity contribution is 5.87. The molecule has 2 atom stereocenters. The van der Waals surface area contributed by atoms with Crippen molar-refractivity contribution in [3.63, 3.8) is 0 Å². The van der Waals surface area contributed by atoms with Gasteiger partial charge in [-0.25, -0.2) is 0 Å². The fraction of sp³-hybridized carbons (Fsp3) is 0.278. The zero-order valence-corrected chi connectivity index (χ0v) is 13.2. The molecule has 2 unspecified atom stereocenters. The third kappa shape index (κ3) is 4.33. The molecule has 1 aliphatic rings. The minimum atomic E-state index is -0.0237. The Morgan fingerprint density at radius 2 is 1.59 bits per heavy atom. The summed E-state index contributed by atoms with van der Waals surface area (Å²) in [4.78, 5) is 5.53. The summed E-state index contributed by atoms with van der Waals surface area (Å²) < 4.78 is 0. The summed E-state index contributed by atoms with van der Waals surface area (Å²) in [6, 6.07) is 20.6. The molecule has 1 aliphatic heterocycles. The summed E-state index contributed by atoms with van der Waals surface area (Å²) in [6.45, 7) is 0. The Morgan fingerprint density at radius 1 is 1.00 bits per heavy atom. The summed E-state index contributed by atoms with van der Waals surface area (Å²) in [6.07, 6.45) is 2.47. The van der Waals surface area contributed by atoms with Gasteiger partial charge in [-0.1, -0.05) is 65.8 Å². The molecule has 3 nitrogen and oxygen atoms in total. The van der Waals surface area contributed by atoms with E-state index >= 15 is 0 Å². The quantitative estimate of drug-likeness (QED) is 0.919. The molecular formula is C18H21ClN2O. The molecule has 22 heavy (non-hydrogen) atoms. The summed E-state index contributed by atoms with van der Waals surface area (Å²) in [5, 5.41) is 4.21. The number of rotatable bonds is 5. The largest absolute Gasteiger partial charge is 0.390 e. The molecule has 0 fully saturated rings. The molecule has 2 aromatic carbocycles. The van der Waals surface area contributed by atoms with Gasteiger partial charge in [0.05, 0.1) is 5.71 Å². The van der Waals surface area contributed by atoms with Crippen LogP contribution in [0.3, 0.4) is 0 Å². The molecule has 1 heterocycles. The van der Waals surface area contributed by atoms with E-state index < -0.39 is 0 Å². The molecule has 0 saturated heterocycles. The Morgan fingerprint density at radius 3 is 2.23 bits per heavy atom. The first kappa shape index (κ1) is 16.5. The Hall–Kier alpha value is -1.84. The van der Waals surface area contributed by atoms with E-state index in [1.165, 1.54) is 11.1 Å². The number of hydrogen-bond acceptors (Lipinski definition) is 3. The molecule has 0 saturated carbocycles. The van der Waals surface area contributed by atoms with Gasteiger partial charge < -0.3 is 10.6 Å². The highest BCUT2D eigenvalue weighted by Crippen LogP contribution is 2.18. The van der Waals surface area contributed by atoms with Gasteiger partial charge in [-0.15, -0.1) is 12.4 Å². The van der Waals surface area contributed by atoms with Gasteiger partial charge in [-0.3, -0.25) is 0 Å². The number of nitrogens with zero attached hydrogens (tertiary/aromatic N) is 1. The van der Waals surface area contributed by atoms with Crippen molar-refractivity contribution >= 4 is 18.1 Å². The van der Waals surface area contributed by atoms with E-state index in [9.17, 15) is 0 Å². The molecule has 0 radical (unpaired) electrons. The summed E-state index contributed by atoms with van der Waals surface area (Å²) in [7, 11) is 0. The molecule has 0 aliphatic carbocycles. The zero-order chi connectivity index (χ0) is 14.5. The van der Waals surface area contributed by atoms with Crippen LogP contribution < -0.4 is 5.73 Å². The van der Waals surface area contributed by atoms with Crippen molar-refractivity contribution in [3.8, 4) is 0 Å². The van der Waals surface area contributed by atoms with Crippen molar-refractivity contribution in [2.75, 3.05) is 0 Å². The van der Waals surface area contributed by atoms with Crippen molar-refractivity contribution in [3.05, 3.63) is 71.8 Å². The average Bonchev–Trinajstić information content (AvgIpc) is 2.98. The van der Waals surface area contributed by atoms with Crippen molar-refractivity contribution in [1.82, 2.24) is 0 Å². The summed E-state index contributed by atoms with van der Waals surface area (Å²) in [5.74, 6) is 0. The van der Waals surface area contributed by atoms with E-state index in [0.717, 1.165) is 25.0 Å². The van der Waals surface area contributed by atoms with E-state index in [4.69, 9.17) is 10.6 Å². The van der Waals surface area contributed by atoms with Crippen LogP contribution in [0.4, 0.5) is 0 Å². The number of nitrogens with two attached hydrogens (primary N) is 1. The first-order valence-electron chi connectivity index (χ1n) is 7.36. The van der Waals surface area contributed by atoms with Gasteiger partial charge in [-0.05, 0) is 17.5 Å². The van der Waals surface area contributed by atoms with Gasteiger partial charge in [0.15, 0.2) is 0 Å². The van der Waals surface area contributed by atoms with Crippen molar-refractivity contribution in [1.29, 1.82) is 0 Å². The van der Waals surface area contributed by atoms with Crippen LogP contribution in [-0.4, -0.2) is 17.9 Å². The van der Waals surface area contributed by atoms with Crippen LogP contribution >= 0.6 is 12.4 Å². The number of oxime groups is 1. The maximum Gasteiger partial charge on any atom is 0.148 e. The van der Waals surface area contributed by atoms with E-state index in [0.29, 0.717) is 0 Å². The van der Waals surface area contributed by atoms with Gasteiger partial charge in [0, 0.05) is 18.9 Å². The van der Waals surface area contributed by atoms with Gasteiger partial charge >= 0.3 is 0 Å². The molecular weight excluding hydrogens is 296 g/mol. The molecule has 2 aromatic rings. The molecule has 3 rings (SSSR count). The highest BCUT2D eigenvalue weighted by Gasteiger charge is 2.27. The molecule has 0 bridgehead atoms. The molecule has 0 amide bonds. The van der Waals surface area contributed by atoms with Crippen molar-refractivity contribution in [2.45, 2.75) is 31.4 Å². The van der Waals surface area contributed by atoms with Crippen LogP contribution in [0, 0.1) is 0 Å². The standard InChI is InChI=1S/C18H20N2O.ClH/c19-17(12-15-9-5-2-6-10-15)18-13-16(20-21-18)11-14-7-3-1-4-8-14;/h1-10,17-18H,11-13,19H2;1H. The second-order valence-corrected chi connectivity index (χ2v) is 5.52. The topological polar surface area (TPSA) is 47.6 Å². The van der Waals surface area contributed by atoms with Crippen LogP contribution in [0.1, 0.15) is 17.5 Å². The first-order chi connectivity index (χ1) is 10.3. The number of hydrogen-bond donors (Lipinski definition) is 1. The zero-order valence-electron chi connectivity index (χ0n) is 12.4. The van der Waals surface area contributed by atoms with E-state index in [1.54, 1.807) is 0 Å². The fourth-order valence-electron chi connectivity index (χ4n) is 2.63. The van der Waals surface area contributed by atoms with E-state index in [1.807, 2.05) is 36.4 Å². The molecule has 2 N–H and O–H groups in total. The minimum absolute atomic E-state index is 0. The van der Waals surface area contributed by atoms with Crippen LogP contribution in [0.25, 0.3) is 0 Å². The monoisotopic (exact) mass is 316 g/mol. The second-order valence-electron chi connectivity index (χ2n) is 5.52. The first-order valence-corrected chi connectivity index (χ1v) is 7.36. The predicted octanol–water partition coefficient (Wildman–Crippen LogP) is 3.37. The average molecular weight is 317 g/mol. The lowest BCUT2D eigenvalue weighted by atomic mass is 9.97. The Labute approximate surface area is 137 Å². The van der Waals surface area contributed by atoms with Crippen LogP contribution in [0.2, 0.25) is 0 Å². The lowest BCUT2D eigenvalue weighted by Gasteiger charge is -2.17. The lowest BCUT2D eigenvalue weighted by Crippen LogP contribution is -2.36. The van der Waals surface area contributed by atoms with Crippen LogP contribution in [0.5, 0.6) is 0 Å². The minimum Gasteiger partial charge on any atom is -0.390 e. The molecule has 0 spiro atoms. The van der Waals surface area contributed by atoms with Crippen LogP contribution in [0.15, 0.2) is 65.8 Å². The lowest BCUT2D eigenvalue weighted by molar-refractivity contribution is 0.0659. The van der Waals surface area contributed by atoms with E-state index in [-0.39, 0.29) is 24.6 Å².